The Morgan fingerprint density at radius 3 is 2.43 bits per heavy atom. The maximum atomic E-state index is 5.45. The van der Waals surface area contributed by atoms with Crippen molar-refractivity contribution in [2.24, 2.45) is 5.84 Å². The molecular formula is C11H23N3. The van der Waals surface area contributed by atoms with E-state index in [9.17, 15) is 0 Å². The van der Waals surface area contributed by atoms with E-state index in [0.29, 0.717) is 6.04 Å². The second kappa shape index (κ2) is 9.01. The van der Waals surface area contributed by atoms with Gasteiger partial charge in [-0.2, -0.15) is 0 Å². The molecule has 0 saturated carbocycles. The predicted octanol–water partition coefficient (Wildman–Crippen LogP) is 0.964. The highest BCUT2D eigenvalue weighted by Crippen LogP contribution is 1.99. The maximum absolute atomic E-state index is 5.45. The molecule has 0 aromatic carbocycles. The summed E-state index contributed by atoms with van der Waals surface area (Å²) in [6.07, 6.45) is 1.90. The van der Waals surface area contributed by atoms with Gasteiger partial charge >= 0.3 is 0 Å². The molecule has 0 aliphatic heterocycles. The van der Waals surface area contributed by atoms with Crippen LogP contribution in [0.3, 0.4) is 0 Å². The Labute approximate surface area is 88.0 Å². The molecule has 0 spiro atoms. The van der Waals surface area contributed by atoms with Crippen LogP contribution in [0, 0.1) is 11.8 Å². The molecule has 0 saturated heterocycles. The van der Waals surface area contributed by atoms with Crippen LogP contribution in [0.4, 0.5) is 0 Å². The highest BCUT2D eigenvalue weighted by Gasteiger charge is 2.06. The van der Waals surface area contributed by atoms with Gasteiger partial charge in [-0.25, -0.2) is 0 Å². The standard InChI is InChI=1S/C11H23N3/c1-4-7-8-11(13-12)9-10-14(5-2)6-3/h11,13H,5-6,8-10,12H2,1-3H3. The average molecular weight is 197 g/mol. The highest BCUT2D eigenvalue weighted by molar-refractivity contribution is 4.97. The molecule has 82 valence electrons. The summed E-state index contributed by atoms with van der Waals surface area (Å²) in [4.78, 5) is 2.39. The molecule has 0 rings (SSSR count). The molecule has 0 bridgehead atoms. The van der Waals surface area contributed by atoms with E-state index in [1.165, 1.54) is 0 Å². The van der Waals surface area contributed by atoms with Crippen molar-refractivity contribution in [1.82, 2.24) is 10.3 Å². The Kier molecular flexibility index (Phi) is 8.65. The van der Waals surface area contributed by atoms with Crippen LogP contribution in [0.25, 0.3) is 0 Å². The van der Waals surface area contributed by atoms with Gasteiger partial charge in [0, 0.05) is 12.5 Å². The molecule has 3 nitrogen and oxygen atoms in total. The fourth-order valence-electron chi connectivity index (χ4n) is 1.35. The van der Waals surface area contributed by atoms with E-state index in [4.69, 9.17) is 5.84 Å². The first-order chi connectivity index (χ1) is 6.78. The van der Waals surface area contributed by atoms with Crippen molar-refractivity contribution in [3.8, 4) is 11.8 Å². The van der Waals surface area contributed by atoms with Crippen LogP contribution in [0.2, 0.25) is 0 Å². The van der Waals surface area contributed by atoms with E-state index in [0.717, 1.165) is 32.5 Å². The second-order valence-electron chi connectivity index (χ2n) is 3.31. The molecular weight excluding hydrogens is 174 g/mol. The maximum Gasteiger partial charge on any atom is 0.0332 e. The van der Waals surface area contributed by atoms with Crippen molar-refractivity contribution >= 4 is 0 Å². The largest absolute Gasteiger partial charge is 0.304 e. The van der Waals surface area contributed by atoms with Gasteiger partial charge in [0.05, 0.1) is 0 Å². The van der Waals surface area contributed by atoms with Crippen molar-refractivity contribution in [2.75, 3.05) is 19.6 Å². The van der Waals surface area contributed by atoms with E-state index < -0.39 is 0 Å². The average Bonchev–Trinajstić information content (AvgIpc) is 2.23. The van der Waals surface area contributed by atoms with Gasteiger partial charge in [-0.3, -0.25) is 11.3 Å². The van der Waals surface area contributed by atoms with Gasteiger partial charge < -0.3 is 4.90 Å². The van der Waals surface area contributed by atoms with Gasteiger partial charge in [0.25, 0.3) is 0 Å². The first-order valence-corrected chi connectivity index (χ1v) is 5.36. The molecule has 3 heteroatoms. The number of nitrogens with one attached hydrogen (secondary N) is 1. The third-order valence-corrected chi connectivity index (χ3v) is 2.45. The van der Waals surface area contributed by atoms with Crippen LogP contribution in [-0.4, -0.2) is 30.6 Å². The normalized spacial score (nSPS) is 12.4. The van der Waals surface area contributed by atoms with Gasteiger partial charge in [0.15, 0.2) is 0 Å². The van der Waals surface area contributed by atoms with E-state index in [1.54, 1.807) is 0 Å². The van der Waals surface area contributed by atoms with Crippen molar-refractivity contribution in [1.29, 1.82) is 0 Å². The Hall–Kier alpha value is -0.560. The lowest BCUT2D eigenvalue weighted by molar-refractivity contribution is 0.282. The van der Waals surface area contributed by atoms with E-state index in [1.807, 2.05) is 6.92 Å². The fraction of sp³-hybridized carbons (Fsp3) is 0.818. The summed E-state index contributed by atoms with van der Waals surface area (Å²) in [6.45, 7) is 9.52. The Bertz CT molecular complexity index is 177. The van der Waals surface area contributed by atoms with Gasteiger partial charge in [0.2, 0.25) is 0 Å². The van der Waals surface area contributed by atoms with Gasteiger partial charge in [0.1, 0.15) is 0 Å². The second-order valence-corrected chi connectivity index (χ2v) is 3.31. The summed E-state index contributed by atoms with van der Waals surface area (Å²) in [5.41, 5.74) is 2.81. The summed E-state index contributed by atoms with van der Waals surface area (Å²) >= 11 is 0. The van der Waals surface area contributed by atoms with Crippen LogP contribution in [0.1, 0.15) is 33.6 Å². The molecule has 3 N–H and O–H groups in total. The predicted molar refractivity (Wildman–Crippen MR) is 61.6 cm³/mol. The molecule has 1 unspecified atom stereocenters. The lowest BCUT2D eigenvalue weighted by atomic mass is 10.1. The summed E-state index contributed by atoms with van der Waals surface area (Å²) in [7, 11) is 0. The number of nitrogens with two attached hydrogens (primary N) is 1. The van der Waals surface area contributed by atoms with Crippen LogP contribution in [-0.2, 0) is 0 Å². The smallest absolute Gasteiger partial charge is 0.0332 e. The monoisotopic (exact) mass is 197 g/mol. The molecule has 0 heterocycles. The lowest BCUT2D eigenvalue weighted by Gasteiger charge is -2.21. The molecule has 0 radical (unpaired) electrons. The Morgan fingerprint density at radius 2 is 2.00 bits per heavy atom. The fourth-order valence-corrected chi connectivity index (χ4v) is 1.35. The van der Waals surface area contributed by atoms with E-state index in [2.05, 4.69) is 36.0 Å². The van der Waals surface area contributed by atoms with Crippen LogP contribution in [0.15, 0.2) is 0 Å². The summed E-state index contributed by atoms with van der Waals surface area (Å²) in [5, 5.41) is 0. The van der Waals surface area contributed by atoms with Crippen molar-refractivity contribution < 1.29 is 0 Å². The number of nitrogens with zero attached hydrogens (tertiary/aromatic N) is 1. The van der Waals surface area contributed by atoms with Crippen LogP contribution >= 0.6 is 0 Å². The minimum atomic E-state index is 0.322. The highest BCUT2D eigenvalue weighted by atomic mass is 15.2. The number of hydrazine groups is 1. The minimum absolute atomic E-state index is 0.322. The third kappa shape index (κ3) is 5.98. The van der Waals surface area contributed by atoms with Crippen molar-refractivity contribution in [3.05, 3.63) is 0 Å². The first kappa shape index (κ1) is 13.4. The van der Waals surface area contributed by atoms with Gasteiger partial charge in [-0.1, -0.05) is 13.8 Å². The molecule has 0 aromatic heterocycles. The van der Waals surface area contributed by atoms with Gasteiger partial charge in [-0.05, 0) is 33.0 Å². The molecule has 14 heavy (non-hydrogen) atoms. The molecule has 0 aliphatic carbocycles. The zero-order valence-corrected chi connectivity index (χ0v) is 9.64. The molecule has 0 amide bonds. The summed E-state index contributed by atoms with van der Waals surface area (Å²) in [6, 6.07) is 0.322. The van der Waals surface area contributed by atoms with Crippen molar-refractivity contribution in [3.63, 3.8) is 0 Å². The number of rotatable bonds is 7. The third-order valence-electron chi connectivity index (χ3n) is 2.45. The summed E-state index contributed by atoms with van der Waals surface area (Å²) in [5.74, 6) is 11.4. The zero-order chi connectivity index (χ0) is 10.8. The summed E-state index contributed by atoms with van der Waals surface area (Å²) < 4.78 is 0. The molecule has 0 fully saturated rings. The zero-order valence-electron chi connectivity index (χ0n) is 9.64. The molecule has 1 atom stereocenters. The quantitative estimate of drug-likeness (QED) is 0.363. The minimum Gasteiger partial charge on any atom is -0.304 e. The van der Waals surface area contributed by atoms with Crippen LogP contribution < -0.4 is 11.3 Å². The molecule has 0 aliphatic rings. The first-order valence-electron chi connectivity index (χ1n) is 5.36. The Morgan fingerprint density at radius 1 is 1.36 bits per heavy atom. The lowest BCUT2D eigenvalue weighted by Crippen LogP contribution is -2.38. The topological polar surface area (TPSA) is 41.3 Å². The van der Waals surface area contributed by atoms with Crippen molar-refractivity contribution in [2.45, 2.75) is 39.7 Å². The van der Waals surface area contributed by atoms with E-state index >= 15 is 0 Å². The number of hydrogen-bond acceptors (Lipinski definition) is 3. The number of hydrogen-bond donors (Lipinski definition) is 2. The molecule has 0 aromatic rings. The SMILES string of the molecule is CC#CCC(CCN(CC)CC)NN. The van der Waals surface area contributed by atoms with Gasteiger partial charge in [-0.15, -0.1) is 11.8 Å². The Balaban J connectivity index is 3.73. The van der Waals surface area contributed by atoms with Crippen LogP contribution in [0.5, 0.6) is 0 Å². The van der Waals surface area contributed by atoms with E-state index in [-0.39, 0.29) is 0 Å².